The largest absolute Gasteiger partial charge is 0.503 e. The zero-order valence-electron chi connectivity index (χ0n) is 14.2. The number of carbonyl (C=O) groups is 1. The van der Waals surface area contributed by atoms with Gasteiger partial charge in [0.25, 0.3) is 0 Å². The Balaban J connectivity index is 2.34. The second-order valence-electron chi connectivity index (χ2n) is 5.84. The molecule has 2 N–H and O–H groups in total. The van der Waals surface area contributed by atoms with E-state index in [9.17, 15) is 9.90 Å². The van der Waals surface area contributed by atoms with Crippen molar-refractivity contribution in [1.29, 1.82) is 0 Å². The molecule has 0 radical (unpaired) electrons. The van der Waals surface area contributed by atoms with Gasteiger partial charge in [0.1, 0.15) is 5.52 Å². The number of nitrogens with one attached hydrogen (secondary N) is 1. The summed E-state index contributed by atoms with van der Waals surface area (Å²) in [5.74, 6) is -0.661. The van der Waals surface area contributed by atoms with Crippen molar-refractivity contribution >= 4 is 17.0 Å². The normalized spacial score (nSPS) is 10.8. The second-order valence-corrected chi connectivity index (χ2v) is 5.84. The maximum Gasteiger partial charge on any atom is 0.338 e. The Hall–Kier alpha value is -3.15. The van der Waals surface area contributed by atoms with Crippen LogP contribution in [0, 0.1) is 0 Å². The van der Waals surface area contributed by atoms with Gasteiger partial charge < -0.3 is 9.84 Å². The Morgan fingerprint density at radius 1 is 1.24 bits per heavy atom. The number of aromatic nitrogens is 3. The van der Waals surface area contributed by atoms with Crippen molar-refractivity contribution in [3.63, 3.8) is 0 Å². The summed E-state index contributed by atoms with van der Waals surface area (Å²) in [7, 11) is 0. The van der Waals surface area contributed by atoms with E-state index in [1.807, 2.05) is 37.3 Å². The number of phenolic OH excluding ortho intramolecular Hbond substituents is 1. The molecule has 6 heteroatoms. The molecule has 0 unspecified atom stereocenters. The van der Waals surface area contributed by atoms with Crippen LogP contribution in [-0.2, 0) is 11.2 Å². The van der Waals surface area contributed by atoms with E-state index in [1.165, 1.54) is 0 Å². The third-order valence-electron chi connectivity index (χ3n) is 3.91. The second kappa shape index (κ2) is 6.76. The van der Waals surface area contributed by atoms with Crippen LogP contribution in [0.5, 0.6) is 11.5 Å². The van der Waals surface area contributed by atoms with Crippen LogP contribution in [0.4, 0.5) is 0 Å². The summed E-state index contributed by atoms with van der Waals surface area (Å²) in [6.45, 7) is 7.18. The van der Waals surface area contributed by atoms with Crippen molar-refractivity contribution in [2.24, 2.45) is 0 Å². The average Bonchev–Trinajstić information content (AvgIpc) is 3.09. The SMILES string of the molecule is C=C(C)C(=O)Oc1c(CCC)c(-c2ccccc2)c2n[nH]nc2c1O. The Morgan fingerprint density at radius 3 is 2.56 bits per heavy atom. The lowest BCUT2D eigenvalue weighted by atomic mass is 9.93. The molecular weight excluding hydrogens is 318 g/mol. The molecule has 0 atom stereocenters. The highest BCUT2D eigenvalue weighted by atomic mass is 16.5. The lowest BCUT2D eigenvalue weighted by molar-refractivity contribution is -0.130. The molecule has 6 nitrogen and oxygen atoms in total. The molecule has 2 aromatic carbocycles. The third kappa shape index (κ3) is 2.98. The fourth-order valence-electron chi connectivity index (χ4n) is 2.77. The van der Waals surface area contributed by atoms with Gasteiger partial charge in [-0.05, 0) is 18.9 Å². The number of H-pyrrole nitrogens is 1. The molecule has 0 amide bonds. The highest BCUT2D eigenvalue weighted by molar-refractivity contribution is 6.00. The highest BCUT2D eigenvalue weighted by Gasteiger charge is 2.25. The van der Waals surface area contributed by atoms with E-state index in [0.717, 1.165) is 23.1 Å². The van der Waals surface area contributed by atoms with Gasteiger partial charge in [0.2, 0.25) is 0 Å². The monoisotopic (exact) mass is 337 g/mol. The Bertz CT molecular complexity index is 945. The standard InChI is InChI=1S/C19H19N3O3/c1-4-8-13-14(12-9-6-5-7-10-12)15-16(21-22-20-15)17(23)18(13)25-19(24)11(2)3/h5-7,9-10,23H,2,4,8H2,1,3H3,(H,20,21,22). The molecule has 0 bridgehead atoms. The van der Waals surface area contributed by atoms with E-state index >= 15 is 0 Å². The van der Waals surface area contributed by atoms with Crippen LogP contribution < -0.4 is 4.74 Å². The number of hydrogen-bond donors (Lipinski definition) is 2. The minimum Gasteiger partial charge on any atom is -0.503 e. The minimum absolute atomic E-state index is 0.120. The summed E-state index contributed by atoms with van der Waals surface area (Å²) in [5.41, 5.74) is 3.50. The highest BCUT2D eigenvalue weighted by Crippen LogP contribution is 2.44. The van der Waals surface area contributed by atoms with E-state index in [0.29, 0.717) is 11.9 Å². The number of phenols is 1. The summed E-state index contributed by atoms with van der Waals surface area (Å²) in [6, 6.07) is 9.66. The smallest absolute Gasteiger partial charge is 0.338 e. The summed E-state index contributed by atoms with van der Waals surface area (Å²) >= 11 is 0. The molecule has 0 saturated carbocycles. The Kier molecular flexibility index (Phi) is 4.52. The van der Waals surface area contributed by atoms with Gasteiger partial charge in [-0.3, -0.25) is 0 Å². The number of rotatable bonds is 5. The van der Waals surface area contributed by atoms with Crippen LogP contribution in [0.15, 0.2) is 42.5 Å². The molecule has 3 rings (SSSR count). The lowest BCUT2D eigenvalue weighted by Crippen LogP contribution is -2.11. The molecule has 0 fully saturated rings. The number of esters is 1. The van der Waals surface area contributed by atoms with Crippen LogP contribution in [-0.4, -0.2) is 26.5 Å². The van der Waals surface area contributed by atoms with Gasteiger partial charge in [-0.2, -0.15) is 15.4 Å². The van der Waals surface area contributed by atoms with Gasteiger partial charge in [0, 0.05) is 16.7 Å². The summed E-state index contributed by atoms with van der Waals surface area (Å²) in [5, 5.41) is 21.4. The predicted molar refractivity (Wildman–Crippen MR) is 95.4 cm³/mol. The maximum atomic E-state index is 12.1. The van der Waals surface area contributed by atoms with Crippen LogP contribution >= 0.6 is 0 Å². The molecule has 0 aliphatic heterocycles. The van der Waals surface area contributed by atoms with Gasteiger partial charge in [0.15, 0.2) is 17.0 Å². The first kappa shape index (κ1) is 16.7. The van der Waals surface area contributed by atoms with Gasteiger partial charge in [0.05, 0.1) is 0 Å². The molecule has 0 aliphatic carbocycles. The molecule has 1 aromatic heterocycles. The number of nitrogens with zero attached hydrogens (tertiary/aromatic N) is 2. The van der Waals surface area contributed by atoms with E-state index in [-0.39, 0.29) is 22.6 Å². The molecule has 25 heavy (non-hydrogen) atoms. The number of fused-ring (bicyclic) bond motifs is 1. The number of aromatic hydroxyl groups is 1. The van der Waals surface area contributed by atoms with Gasteiger partial charge in [-0.15, -0.1) is 0 Å². The quantitative estimate of drug-likeness (QED) is 0.420. The van der Waals surface area contributed by atoms with Crippen molar-refractivity contribution in [2.75, 3.05) is 0 Å². The number of carbonyl (C=O) groups excluding carboxylic acids is 1. The van der Waals surface area contributed by atoms with Crippen LogP contribution in [0.1, 0.15) is 25.8 Å². The summed E-state index contributed by atoms with van der Waals surface area (Å²) in [4.78, 5) is 12.1. The molecule has 128 valence electrons. The summed E-state index contributed by atoms with van der Waals surface area (Å²) in [6.07, 6.45) is 1.42. The topological polar surface area (TPSA) is 88.1 Å². The van der Waals surface area contributed by atoms with E-state index in [4.69, 9.17) is 4.74 Å². The fourth-order valence-corrected chi connectivity index (χ4v) is 2.77. The fraction of sp³-hybridized carbons (Fsp3) is 0.211. The van der Waals surface area contributed by atoms with Crippen molar-refractivity contribution in [3.8, 4) is 22.6 Å². The molecule has 0 aliphatic rings. The van der Waals surface area contributed by atoms with Gasteiger partial charge in [-0.25, -0.2) is 4.79 Å². The van der Waals surface area contributed by atoms with Crippen molar-refractivity contribution in [1.82, 2.24) is 15.4 Å². The number of aromatic amines is 1. The number of hydrogen-bond acceptors (Lipinski definition) is 5. The van der Waals surface area contributed by atoms with E-state index in [2.05, 4.69) is 22.0 Å². The van der Waals surface area contributed by atoms with E-state index < -0.39 is 5.97 Å². The molecule has 1 heterocycles. The minimum atomic E-state index is -0.588. The van der Waals surface area contributed by atoms with E-state index in [1.54, 1.807) is 6.92 Å². The lowest BCUT2D eigenvalue weighted by Gasteiger charge is -2.16. The van der Waals surface area contributed by atoms with Crippen molar-refractivity contribution < 1.29 is 14.6 Å². The molecule has 3 aromatic rings. The third-order valence-corrected chi connectivity index (χ3v) is 3.91. The van der Waals surface area contributed by atoms with Crippen LogP contribution in [0.25, 0.3) is 22.2 Å². The number of ether oxygens (including phenoxy) is 1. The molecule has 0 saturated heterocycles. The Morgan fingerprint density at radius 2 is 1.92 bits per heavy atom. The molecular formula is C19H19N3O3. The maximum absolute atomic E-state index is 12.1. The first-order chi connectivity index (χ1) is 12.0. The average molecular weight is 337 g/mol. The van der Waals surface area contributed by atoms with Gasteiger partial charge in [-0.1, -0.05) is 50.3 Å². The van der Waals surface area contributed by atoms with Gasteiger partial charge >= 0.3 is 5.97 Å². The number of benzene rings is 2. The molecule has 0 spiro atoms. The van der Waals surface area contributed by atoms with Crippen LogP contribution in [0.2, 0.25) is 0 Å². The summed E-state index contributed by atoms with van der Waals surface area (Å²) < 4.78 is 5.46. The zero-order valence-corrected chi connectivity index (χ0v) is 14.2. The predicted octanol–water partition coefficient (Wildman–Crippen LogP) is 3.76. The Labute approximate surface area is 145 Å². The van der Waals surface area contributed by atoms with Crippen molar-refractivity contribution in [2.45, 2.75) is 26.7 Å². The first-order valence-electron chi connectivity index (χ1n) is 8.06. The zero-order chi connectivity index (χ0) is 18.0. The van der Waals surface area contributed by atoms with Crippen molar-refractivity contribution in [3.05, 3.63) is 48.0 Å². The first-order valence-corrected chi connectivity index (χ1v) is 8.06. The van der Waals surface area contributed by atoms with Crippen LogP contribution in [0.3, 0.4) is 0 Å².